The first-order valence-corrected chi connectivity index (χ1v) is 13.0. The van der Waals surface area contributed by atoms with Gasteiger partial charge in [-0.2, -0.15) is 0 Å². The number of ether oxygens (including phenoxy) is 3. The number of hydrogen-bond donors (Lipinski definition) is 1. The first kappa shape index (κ1) is 24.3. The molecule has 1 saturated heterocycles. The molecule has 0 radical (unpaired) electrons. The molecule has 34 heavy (non-hydrogen) atoms. The Bertz CT molecular complexity index is 1080. The molecular weight excluding hydrogens is 458 g/mol. The molecule has 9 nitrogen and oxygen atoms in total. The van der Waals surface area contributed by atoms with E-state index in [2.05, 4.69) is 21.8 Å². The number of amides is 1. The molecule has 2 aromatic rings. The van der Waals surface area contributed by atoms with Gasteiger partial charge in [-0.05, 0) is 29.8 Å². The van der Waals surface area contributed by atoms with Gasteiger partial charge in [-0.1, -0.05) is 12.1 Å². The maximum atomic E-state index is 12.7. The average Bonchev–Trinajstić information content (AvgIpc) is 3.10. The molecule has 4 rings (SSSR count). The third kappa shape index (κ3) is 6.19. The standard InChI is InChI=1S/C24H31N3O6S/c1-26(18-19-3-5-20(6-4-19)27-11-15-31-16-12-27)24(28)9-10-25-34(29,30)21-7-8-22-23(17-21)33-14-2-13-32-22/h3-8,17,25H,2,9-16,18H2,1H3. The highest BCUT2D eigenvalue weighted by Crippen LogP contribution is 2.31. The van der Waals surface area contributed by atoms with E-state index >= 15 is 0 Å². The van der Waals surface area contributed by atoms with E-state index in [1.54, 1.807) is 18.0 Å². The van der Waals surface area contributed by atoms with Crippen LogP contribution in [-0.4, -0.2) is 72.3 Å². The fourth-order valence-electron chi connectivity index (χ4n) is 3.87. The maximum absolute atomic E-state index is 12.7. The quantitative estimate of drug-likeness (QED) is 0.606. The Kier molecular flexibility index (Phi) is 7.91. The minimum atomic E-state index is -3.77. The molecule has 184 valence electrons. The Labute approximate surface area is 200 Å². The largest absolute Gasteiger partial charge is 0.490 e. The van der Waals surface area contributed by atoms with Crippen molar-refractivity contribution >= 4 is 21.6 Å². The van der Waals surface area contributed by atoms with Gasteiger partial charge < -0.3 is 24.0 Å². The zero-order valence-corrected chi connectivity index (χ0v) is 20.2. The molecule has 0 unspecified atom stereocenters. The summed E-state index contributed by atoms with van der Waals surface area (Å²) in [5, 5.41) is 0. The van der Waals surface area contributed by atoms with Crippen molar-refractivity contribution in [2.24, 2.45) is 0 Å². The van der Waals surface area contributed by atoms with Gasteiger partial charge in [0.15, 0.2) is 11.5 Å². The van der Waals surface area contributed by atoms with Crippen LogP contribution in [0.1, 0.15) is 18.4 Å². The number of rotatable bonds is 8. The number of sulfonamides is 1. The second-order valence-corrected chi connectivity index (χ2v) is 10.1. The lowest BCUT2D eigenvalue weighted by molar-refractivity contribution is -0.130. The first-order valence-electron chi connectivity index (χ1n) is 11.5. The van der Waals surface area contributed by atoms with Gasteiger partial charge in [0.1, 0.15) is 0 Å². The number of morpholine rings is 1. The van der Waals surface area contributed by atoms with E-state index < -0.39 is 10.0 Å². The van der Waals surface area contributed by atoms with E-state index in [0.29, 0.717) is 31.3 Å². The van der Waals surface area contributed by atoms with E-state index in [-0.39, 0.29) is 23.8 Å². The number of nitrogens with one attached hydrogen (secondary N) is 1. The SMILES string of the molecule is CN(Cc1ccc(N2CCOCC2)cc1)C(=O)CCNS(=O)(=O)c1ccc2c(c1)OCCCO2. The lowest BCUT2D eigenvalue weighted by Crippen LogP contribution is -2.36. The molecule has 2 aliphatic rings. The van der Waals surface area contributed by atoms with Crippen LogP contribution in [0.25, 0.3) is 0 Å². The van der Waals surface area contributed by atoms with Crippen LogP contribution < -0.4 is 19.1 Å². The second kappa shape index (κ2) is 11.1. The van der Waals surface area contributed by atoms with Crippen LogP contribution in [0, 0.1) is 0 Å². The van der Waals surface area contributed by atoms with E-state index in [1.807, 2.05) is 12.1 Å². The van der Waals surface area contributed by atoms with Crippen molar-refractivity contribution in [3.05, 3.63) is 48.0 Å². The van der Waals surface area contributed by atoms with Crippen molar-refractivity contribution in [2.75, 3.05) is 58.0 Å². The van der Waals surface area contributed by atoms with Crippen LogP contribution in [-0.2, 0) is 26.1 Å². The van der Waals surface area contributed by atoms with Crippen LogP contribution in [0.15, 0.2) is 47.4 Å². The summed E-state index contributed by atoms with van der Waals surface area (Å²) >= 11 is 0. The van der Waals surface area contributed by atoms with Crippen molar-refractivity contribution in [1.29, 1.82) is 0 Å². The number of hydrogen-bond acceptors (Lipinski definition) is 7. The molecule has 1 N–H and O–H groups in total. The second-order valence-electron chi connectivity index (χ2n) is 8.32. The Hall–Kier alpha value is -2.82. The summed E-state index contributed by atoms with van der Waals surface area (Å²) in [4.78, 5) is 16.5. The van der Waals surface area contributed by atoms with Gasteiger partial charge in [-0.3, -0.25) is 4.79 Å². The number of anilines is 1. The number of nitrogens with zero attached hydrogens (tertiary/aromatic N) is 2. The van der Waals surface area contributed by atoms with E-state index in [1.165, 1.54) is 12.1 Å². The van der Waals surface area contributed by atoms with E-state index in [0.717, 1.165) is 44.0 Å². The molecule has 10 heteroatoms. The number of fused-ring (bicyclic) bond motifs is 1. The van der Waals surface area contributed by atoms with Gasteiger partial charge in [0.25, 0.3) is 0 Å². The Morgan fingerprint density at radius 2 is 1.71 bits per heavy atom. The zero-order chi connectivity index (χ0) is 24.0. The third-order valence-corrected chi connectivity index (χ3v) is 7.28. The molecule has 2 aromatic carbocycles. The highest BCUT2D eigenvalue weighted by molar-refractivity contribution is 7.89. The minimum Gasteiger partial charge on any atom is -0.490 e. The molecule has 1 fully saturated rings. The zero-order valence-electron chi connectivity index (χ0n) is 19.4. The number of benzene rings is 2. The van der Waals surface area contributed by atoms with E-state index in [4.69, 9.17) is 14.2 Å². The normalized spacial score (nSPS) is 16.1. The predicted molar refractivity (Wildman–Crippen MR) is 128 cm³/mol. The van der Waals surface area contributed by atoms with Crippen molar-refractivity contribution in [3.63, 3.8) is 0 Å². The molecule has 0 spiro atoms. The Morgan fingerprint density at radius 1 is 1.00 bits per heavy atom. The smallest absolute Gasteiger partial charge is 0.240 e. The van der Waals surface area contributed by atoms with Crippen molar-refractivity contribution in [2.45, 2.75) is 24.3 Å². The van der Waals surface area contributed by atoms with Crippen LogP contribution in [0.4, 0.5) is 5.69 Å². The van der Waals surface area contributed by atoms with Gasteiger partial charge in [-0.15, -0.1) is 0 Å². The topological polar surface area (TPSA) is 97.4 Å². The predicted octanol–water partition coefficient (Wildman–Crippen LogP) is 2.01. The fourth-order valence-corrected chi connectivity index (χ4v) is 4.92. The molecule has 0 aliphatic carbocycles. The fraction of sp³-hybridized carbons (Fsp3) is 0.458. The number of carbonyl (C=O) groups excluding carboxylic acids is 1. The van der Waals surface area contributed by atoms with Gasteiger partial charge in [0, 0.05) is 57.8 Å². The summed E-state index contributed by atoms with van der Waals surface area (Å²) in [7, 11) is -2.05. The molecule has 0 bridgehead atoms. The number of carbonyl (C=O) groups is 1. The molecule has 2 heterocycles. The third-order valence-electron chi connectivity index (χ3n) is 5.82. The molecule has 0 saturated carbocycles. The highest BCUT2D eigenvalue weighted by atomic mass is 32.2. The molecule has 2 aliphatic heterocycles. The maximum Gasteiger partial charge on any atom is 0.240 e. The van der Waals surface area contributed by atoms with Crippen LogP contribution >= 0.6 is 0 Å². The van der Waals surface area contributed by atoms with Gasteiger partial charge >= 0.3 is 0 Å². The lowest BCUT2D eigenvalue weighted by Gasteiger charge is -2.29. The summed E-state index contributed by atoms with van der Waals surface area (Å²) < 4.78 is 44.3. The molecule has 0 aromatic heterocycles. The summed E-state index contributed by atoms with van der Waals surface area (Å²) in [6.07, 6.45) is 0.800. The van der Waals surface area contributed by atoms with Crippen LogP contribution in [0.5, 0.6) is 11.5 Å². The first-order chi connectivity index (χ1) is 16.4. The highest BCUT2D eigenvalue weighted by Gasteiger charge is 2.19. The Morgan fingerprint density at radius 3 is 2.44 bits per heavy atom. The molecule has 0 atom stereocenters. The summed E-state index contributed by atoms with van der Waals surface area (Å²) in [5.74, 6) is 0.806. The van der Waals surface area contributed by atoms with Crippen LogP contribution in [0.2, 0.25) is 0 Å². The van der Waals surface area contributed by atoms with Gasteiger partial charge in [0.2, 0.25) is 15.9 Å². The average molecular weight is 490 g/mol. The molecular formula is C24H31N3O6S. The van der Waals surface area contributed by atoms with Crippen LogP contribution in [0.3, 0.4) is 0 Å². The van der Waals surface area contributed by atoms with Gasteiger partial charge in [0.05, 0.1) is 31.3 Å². The van der Waals surface area contributed by atoms with E-state index in [9.17, 15) is 13.2 Å². The monoisotopic (exact) mass is 489 g/mol. The lowest BCUT2D eigenvalue weighted by atomic mass is 10.1. The minimum absolute atomic E-state index is 0.00984. The molecule has 1 amide bonds. The summed E-state index contributed by atoms with van der Waals surface area (Å²) in [5.41, 5.74) is 2.16. The summed E-state index contributed by atoms with van der Waals surface area (Å²) in [6.45, 7) is 4.69. The van der Waals surface area contributed by atoms with Crippen molar-refractivity contribution < 1.29 is 27.4 Å². The van der Waals surface area contributed by atoms with Crippen molar-refractivity contribution in [1.82, 2.24) is 9.62 Å². The summed E-state index contributed by atoms with van der Waals surface area (Å²) in [6, 6.07) is 12.7. The van der Waals surface area contributed by atoms with Crippen molar-refractivity contribution in [3.8, 4) is 11.5 Å². The van der Waals surface area contributed by atoms with Gasteiger partial charge in [-0.25, -0.2) is 13.1 Å². The Balaban J connectivity index is 1.26.